The third-order valence-corrected chi connectivity index (χ3v) is 2.51. The van der Waals surface area contributed by atoms with E-state index in [-0.39, 0.29) is 6.61 Å². The highest BCUT2D eigenvalue weighted by Crippen LogP contribution is 2.20. The lowest BCUT2D eigenvalue weighted by atomic mass is 10.2. The van der Waals surface area contributed by atoms with E-state index in [0.29, 0.717) is 4.99 Å². The first-order valence-corrected chi connectivity index (χ1v) is 5.79. The maximum Gasteiger partial charge on any atom is 0.138 e. The molecule has 0 radical (unpaired) electrons. The van der Waals surface area contributed by atoms with Crippen molar-refractivity contribution in [1.29, 1.82) is 0 Å². The molecule has 4 nitrogen and oxygen atoms in total. The summed E-state index contributed by atoms with van der Waals surface area (Å²) in [7, 11) is 0. The molecule has 1 aromatic carbocycles. The molecule has 16 heavy (non-hydrogen) atoms. The number of rotatable bonds is 4. The fourth-order valence-electron chi connectivity index (χ4n) is 1.17. The fourth-order valence-corrected chi connectivity index (χ4v) is 1.69. The highest BCUT2D eigenvalue weighted by Gasteiger charge is 2.01. The largest absolute Gasteiger partial charge is 0.487 e. The summed E-state index contributed by atoms with van der Waals surface area (Å²) < 4.78 is 9.15. The van der Waals surface area contributed by atoms with Crippen LogP contribution in [0, 0.1) is 0 Å². The van der Waals surface area contributed by atoms with Crippen molar-refractivity contribution >= 4 is 28.7 Å². The minimum Gasteiger partial charge on any atom is -0.487 e. The Bertz CT molecular complexity index is 467. The molecule has 2 rings (SSSR count). The van der Waals surface area contributed by atoms with Gasteiger partial charge in [0.2, 0.25) is 0 Å². The highest BCUT2D eigenvalue weighted by molar-refractivity contribution is 7.80. The van der Waals surface area contributed by atoms with Gasteiger partial charge in [0.15, 0.2) is 0 Å². The lowest BCUT2D eigenvalue weighted by Crippen LogP contribution is -2.17. The number of thiocarbonyl (C=S) groups is 1. The van der Waals surface area contributed by atoms with Crippen LogP contribution >= 0.6 is 23.8 Å². The first-order valence-electron chi connectivity index (χ1n) is 4.54. The summed E-state index contributed by atoms with van der Waals surface area (Å²) in [5.41, 5.74) is 7.21. The maximum absolute atomic E-state index is 5.34. The van der Waals surface area contributed by atoms with Gasteiger partial charge in [0.25, 0.3) is 0 Å². The third kappa shape index (κ3) is 2.74. The van der Waals surface area contributed by atoms with Crippen LogP contribution in [0.15, 0.2) is 29.6 Å². The van der Waals surface area contributed by atoms with E-state index in [1.165, 1.54) is 11.5 Å². The Morgan fingerprint density at radius 1 is 1.38 bits per heavy atom. The Balaban J connectivity index is 2.08. The number of nitrogens with two attached hydrogens (primary N) is 1. The minimum atomic E-state index is 0.257. The van der Waals surface area contributed by atoms with E-state index in [4.69, 9.17) is 22.7 Å². The average molecular weight is 251 g/mol. The summed E-state index contributed by atoms with van der Waals surface area (Å²) in [5.74, 6) is 0.736. The third-order valence-electron chi connectivity index (χ3n) is 1.89. The van der Waals surface area contributed by atoms with E-state index in [0.717, 1.165) is 17.0 Å². The predicted molar refractivity (Wildman–Crippen MR) is 67.6 cm³/mol. The van der Waals surface area contributed by atoms with Crippen LogP contribution in [0.4, 0.5) is 0 Å². The normalized spacial score (nSPS) is 10.0. The van der Waals surface area contributed by atoms with Crippen molar-refractivity contribution in [3.05, 3.63) is 29.6 Å². The standard InChI is InChI=1S/C10H9N3OS2/c11-10(15)5-14-8-3-1-7(2-4-8)9-6-16-13-12-9/h1-4,6H,5H2,(H2,11,15). The van der Waals surface area contributed by atoms with Gasteiger partial charge in [-0.3, -0.25) is 0 Å². The molecule has 2 aromatic rings. The molecule has 0 fully saturated rings. The summed E-state index contributed by atoms with van der Waals surface area (Å²) in [6.07, 6.45) is 0. The maximum atomic E-state index is 5.34. The lowest BCUT2D eigenvalue weighted by molar-refractivity contribution is 0.377. The molecule has 82 valence electrons. The summed E-state index contributed by atoms with van der Waals surface area (Å²) >= 11 is 6.05. The average Bonchev–Trinajstić information content (AvgIpc) is 2.80. The zero-order valence-electron chi connectivity index (χ0n) is 8.29. The quantitative estimate of drug-likeness (QED) is 0.841. The Morgan fingerprint density at radius 2 is 2.12 bits per heavy atom. The monoisotopic (exact) mass is 251 g/mol. The lowest BCUT2D eigenvalue weighted by Gasteiger charge is -2.04. The van der Waals surface area contributed by atoms with Crippen LogP contribution in [0.2, 0.25) is 0 Å². The highest BCUT2D eigenvalue weighted by atomic mass is 32.1. The van der Waals surface area contributed by atoms with Gasteiger partial charge in [-0.05, 0) is 35.8 Å². The van der Waals surface area contributed by atoms with Crippen LogP contribution in [0.5, 0.6) is 5.75 Å². The first-order chi connectivity index (χ1) is 7.75. The van der Waals surface area contributed by atoms with E-state index in [1.54, 1.807) is 0 Å². The summed E-state index contributed by atoms with van der Waals surface area (Å²) in [4.78, 5) is 0.341. The smallest absolute Gasteiger partial charge is 0.138 e. The van der Waals surface area contributed by atoms with Crippen molar-refractivity contribution in [2.45, 2.75) is 0 Å². The summed E-state index contributed by atoms with van der Waals surface area (Å²) in [6.45, 7) is 0.257. The molecule has 0 bridgehead atoms. The van der Waals surface area contributed by atoms with Crippen molar-refractivity contribution < 1.29 is 4.74 Å². The molecule has 0 aliphatic rings. The van der Waals surface area contributed by atoms with E-state index < -0.39 is 0 Å². The van der Waals surface area contributed by atoms with Gasteiger partial charge in [0, 0.05) is 10.9 Å². The van der Waals surface area contributed by atoms with Crippen LogP contribution in [0.3, 0.4) is 0 Å². The number of hydrogen-bond acceptors (Lipinski definition) is 5. The van der Waals surface area contributed by atoms with Gasteiger partial charge in [0.1, 0.15) is 23.0 Å². The molecule has 0 amide bonds. The molecule has 0 aliphatic heterocycles. The zero-order valence-corrected chi connectivity index (χ0v) is 9.92. The van der Waals surface area contributed by atoms with Crippen molar-refractivity contribution in [3.8, 4) is 17.0 Å². The molecular weight excluding hydrogens is 242 g/mol. The SMILES string of the molecule is NC(=S)COc1ccc(-c2csnn2)cc1. The molecule has 0 saturated carbocycles. The number of hydrogen-bond donors (Lipinski definition) is 1. The van der Waals surface area contributed by atoms with Gasteiger partial charge < -0.3 is 10.5 Å². The van der Waals surface area contributed by atoms with Gasteiger partial charge in [-0.2, -0.15) is 0 Å². The topological polar surface area (TPSA) is 61.0 Å². The molecule has 1 aromatic heterocycles. The van der Waals surface area contributed by atoms with Gasteiger partial charge in [-0.25, -0.2) is 0 Å². The Morgan fingerprint density at radius 3 is 2.69 bits per heavy atom. The van der Waals surface area contributed by atoms with Crippen molar-refractivity contribution in [1.82, 2.24) is 9.59 Å². The first kappa shape index (κ1) is 11.0. The summed E-state index contributed by atoms with van der Waals surface area (Å²) in [5, 5.41) is 5.87. The van der Waals surface area contributed by atoms with E-state index in [9.17, 15) is 0 Å². The molecule has 0 aliphatic carbocycles. The van der Waals surface area contributed by atoms with E-state index >= 15 is 0 Å². The number of nitrogens with zero attached hydrogens (tertiary/aromatic N) is 2. The number of benzene rings is 1. The second-order valence-electron chi connectivity index (χ2n) is 3.07. The van der Waals surface area contributed by atoms with Crippen LogP contribution in [-0.4, -0.2) is 21.2 Å². The predicted octanol–water partition coefficient (Wildman–Crippen LogP) is 1.87. The fraction of sp³-hybridized carbons (Fsp3) is 0.100. The Kier molecular flexibility index (Phi) is 3.43. The molecule has 0 atom stereocenters. The molecule has 0 spiro atoms. The van der Waals surface area contributed by atoms with E-state index in [2.05, 4.69) is 9.59 Å². The number of aromatic nitrogens is 2. The molecular formula is C10H9N3OS2. The summed E-state index contributed by atoms with van der Waals surface area (Å²) in [6, 6.07) is 7.55. The molecule has 0 unspecified atom stereocenters. The van der Waals surface area contributed by atoms with Crippen molar-refractivity contribution in [3.63, 3.8) is 0 Å². The van der Waals surface area contributed by atoms with Crippen LogP contribution in [0.1, 0.15) is 0 Å². The second-order valence-corrected chi connectivity index (χ2v) is 4.20. The van der Waals surface area contributed by atoms with Gasteiger partial charge in [0.05, 0.1) is 0 Å². The molecule has 6 heteroatoms. The van der Waals surface area contributed by atoms with Crippen molar-refractivity contribution in [2.75, 3.05) is 6.61 Å². The molecule has 0 saturated heterocycles. The van der Waals surface area contributed by atoms with Crippen LogP contribution in [0.25, 0.3) is 11.3 Å². The molecule has 2 N–H and O–H groups in total. The minimum absolute atomic E-state index is 0.257. The zero-order chi connectivity index (χ0) is 11.4. The molecule has 1 heterocycles. The van der Waals surface area contributed by atoms with Crippen LogP contribution in [-0.2, 0) is 0 Å². The Hall–Kier alpha value is -1.53. The van der Waals surface area contributed by atoms with Crippen LogP contribution < -0.4 is 10.5 Å². The Labute approximate surface area is 102 Å². The van der Waals surface area contributed by atoms with E-state index in [1.807, 2.05) is 29.6 Å². The van der Waals surface area contributed by atoms with Gasteiger partial charge in [-0.15, -0.1) is 5.10 Å². The van der Waals surface area contributed by atoms with Gasteiger partial charge >= 0.3 is 0 Å². The number of ether oxygens (including phenoxy) is 1. The second kappa shape index (κ2) is 5.00. The van der Waals surface area contributed by atoms with Crippen molar-refractivity contribution in [2.24, 2.45) is 5.73 Å². The van der Waals surface area contributed by atoms with Gasteiger partial charge in [-0.1, -0.05) is 16.7 Å².